The summed E-state index contributed by atoms with van der Waals surface area (Å²) in [4.78, 5) is 10.5. The van der Waals surface area contributed by atoms with Crippen LogP contribution in [-0.4, -0.2) is 59.3 Å². The van der Waals surface area contributed by atoms with Gasteiger partial charge in [0.15, 0.2) is 0 Å². The molecule has 1 aromatic heterocycles. The molecule has 6 nitrogen and oxygen atoms in total. The van der Waals surface area contributed by atoms with Crippen LogP contribution in [0.1, 0.15) is 12.0 Å². The maximum atomic E-state index is 10.3. The van der Waals surface area contributed by atoms with Crippen LogP contribution in [0.25, 0.3) is 0 Å². The molecule has 0 amide bonds. The van der Waals surface area contributed by atoms with Crippen LogP contribution in [0.3, 0.4) is 0 Å². The highest BCUT2D eigenvalue weighted by molar-refractivity contribution is 5.23. The Morgan fingerprint density at radius 1 is 1.50 bits per heavy atom. The molecule has 0 unspecified atom stereocenters. The van der Waals surface area contributed by atoms with Crippen LogP contribution < -0.4 is 10.6 Å². The molecule has 1 atom stereocenters. The number of aromatic nitrogens is 2. The Morgan fingerprint density at radius 2 is 2.22 bits per heavy atom. The number of nitrogens with one attached hydrogen (secondary N) is 2. The molecule has 0 aromatic carbocycles. The van der Waals surface area contributed by atoms with Crippen LogP contribution in [0.15, 0.2) is 12.4 Å². The van der Waals surface area contributed by atoms with Gasteiger partial charge in [0.25, 0.3) is 0 Å². The van der Waals surface area contributed by atoms with Crippen LogP contribution in [0, 0.1) is 0 Å². The van der Waals surface area contributed by atoms with Crippen molar-refractivity contribution in [3.05, 3.63) is 18.0 Å². The summed E-state index contributed by atoms with van der Waals surface area (Å²) < 4.78 is 0. The summed E-state index contributed by atoms with van der Waals surface area (Å²) in [5.41, 5.74) is 0.451. The number of rotatable bonds is 5. The summed E-state index contributed by atoms with van der Waals surface area (Å²) in [6.07, 6.45) is 4.44. The molecule has 0 radical (unpaired) electrons. The fraction of sp³-hybridized carbons (Fsp3) is 0.667. The standard InChI is InChI=1S/C12H21N5O/c1-13-11-15-5-10(6-16-11)7-17(2)9-12(18)3-4-14-8-12/h5-6,14,18H,3-4,7-9H2,1-2H3,(H,13,15,16)/t12-/m0/s1. The molecule has 100 valence electrons. The van der Waals surface area contributed by atoms with Gasteiger partial charge in [-0.2, -0.15) is 0 Å². The van der Waals surface area contributed by atoms with Crippen molar-refractivity contribution < 1.29 is 5.11 Å². The van der Waals surface area contributed by atoms with Gasteiger partial charge in [-0.3, -0.25) is 4.90 Å². The predicted octanol–water partition coefficient (Wildman–Crippen LogP) is -0.326. The Labute approximate surface area is 107 Å². The monoisotopic (exact) mass is 251 g/mol. The Hall–Kier alpha value is -1.24. The fourth-order valence-electron chi connectivity index (χ4n) is 2.30. The van der Waals surface area contributed by atoms with Gasteiger partial charge < -0.3 is 15.7 Å². The SMILES string of the molecule is CNc1ncc(CN(C)C[C@]2(O)CCNC2)cn1. The first-order chi connectivity index (χ1) is 8.61. The van der Waals surface area contributed by atoms with Crippen molar-refractivity contribution in [1.82, 2.24) is 20.2 Å². The third-order valence-corrected chi connectivity index (χ3v) is 3.17. The third kappa shape index (κ3) is 3.38. The molecule has 1 aliphatic rings. The van der Waals surface area contributed by atoms with Crippen molar-refractivity contribution in [3.63, 3.8) is 0 Å². The lowest BCUT2D eigenvalue weighted by Gasteiger charge is -2.27. The van der Waals surface area contributed by atoms with Crippen LogP contribution in [0.5, 0.6) is 0 Å². The van der Waals surface area contributed by atoms with Crippen LogP contribution in [-0.2, 0) is 6.54 Å². The zero-order valence-corrected chi connectivity index (χ0v) is 11.0. The Kier molecular flexibility index (Phi) is 4.11. The number of hydrogen-bond acceptors (Lipinski definition) is 6. The summed E-state index contributed by atoms with van der Waals surface area (Å²) in [5.74, 6) is 0.625. The zero-order chi connectivity index (χ0) is 13.0. The first-order valence-electron chi connectivity index (χ1n) is 6.22. The Bertz CT molecular complexity index is 375. The van der Waals surface area contributed by atoms with Gasteiger partial charge >= 0.3 is 0 Å². The molecule has 18 heavy (non-hydrogen) atoms. The van der Waals surface area contributed by atoms with E-state index in [0.29, 0.717) is 19.0 Å². The predicted molar refractivity (Wildman–Crippen MR) is 70.3 cm³/mol. The number of nitrogens with zero attached hydrogens (tertiary/aromatic N) is 3. The lowest BCUT2D eigenvalue weighted by molar-refractivity contribution is 0.0263. The molecule has 3 N–H and O–H groups in total. The smallest absolute Gasteiger partial charge is 0.222 e. The lowest BCUT2D eigenvalue weighted by atomic mass is 10.0. The van der Waals surface area contributed by atoms with E-state index in [-0.39, 0.29) is 0 Å². The van der Waals surface area contributed by atoms with E-state index in [1.165, 1.54) is 0 Å². The minimum Gasteiger partial charge on any atom is -0.387 e. The van der Waals surface area contributed by atoms with E-state index in [1.54, 1.807) is 7.05 Å². The molecule has 1 fully saturated rings. The van der Waals surface area contributed by atoms with Gasteiger partial charge in [-0.1, -0.05) is 0 Å². The normalized spacial score (nSPS) is 23.6. The van der Waals surface area contributed by atoms with Gasteiger partial charge in [0, 0.05) is 44.6 Å². The van der Waals surface area contributed by atoms with Crippen molar-refractivity contribution in [2.24, 2.45) is 0 Å². The molecule has 0 spiro atoms. The van der Waals surface area contributed by atoms with Gasteiger partial charge in [0.1, 0.15) is 0 Å². The van der Waals surface area contributed by atoms with E-state index < -0.39 is 5.60 Å². The second-order valence-corrected chi connectivity index (χ2v) is 4.99. The highest BCUT2D eigenvalue weighted by atomic mass is 16.3. The quantitative estimate of drug-likeness (QED) is 0.666. The zero-order valence-electron chi connectivity index (χ0n) is 11.0. The van der Waals surface area contributed by atoms with Crippen LogP contribution in [0.4, 0.5) is 5.95 Å². The topological polar surface area (TPSA) is 73.3 Å². The number of anilines is 1. The molecule has 2 heterocycles. The average Bonchev–Trinajstić information content (AvgIpc) is 2.76. The average molecular weight is 251 g/mol. The van der Waals surface area contributed by atoms with Gasteiger partial charge in [-0.05, 0) is 20.0 Å². The van der Waals surface area contributed by atoms with Gasteiger partial charge in [0.05, 0.1) is 5.60 Å². The van der Waals surface area contributed by atoms with Crippen molar-refractivity contribution in [3.8, 4) is 0 Å². The Balaban J connectivity index is 1.88. The molecule has 0 bridgehead atoms. The summed E-state index contributed by atoms with van der Waals surface area (Å²) in [6, 6.07) is 0. The summed E-state index contributed by atoms with van der Waals surface area (Å²) in [5, 5.41) is 16.4. The first kappa shape index (κ1) is 13.2. The molecule has 0 aliphatic carbocycles. The van der Waals surface area contributed by atoms with Crippen molar-refractivity contribution in [2.75, 3.05) is 39.0 Å². The first-order valence-corrected chi connectivity index (χ1v) is 6.22. The van der Waals surface area contributed by atoms with Crippen molar-refractivity contribution in [2.45, 2.75) is 18.6 Å². The van der Waals surface area contributed by atoms with E-state index in [9.17, 15) is 5.11 Å². The second-order valence-electron chi connectivity index (χ2n) is 4.99. The fourth-order valence-corrected chi connectivity index (χ4v) is 2.30. The van der Waals surface area contributed by atoms with E-state index in [4.69, 9.17) is 0 Å². The summed E-state index contributed by atoms with van der Waals surface area (Å²) in [6.45, 7) is 2.97. The maximum Gasteiger partial charge on any atom is 0.222 e. The second kappa shape index (κ2) is 5.60. The van der Waals surface area contributed by atoms with E-state index >= 15 is 0 Å². The molecule has 1 aromatic rings. The number of likely N-dealkylation sites (N-methyl/N-ethyl adjacent to an activating group) is 1. The molecular weight excluding hydrogens is 230 g/mol. The van der Waals surface area contributed by atoms with E-state index in [2.05, 4.69) is 25.5 Å². The molecule has 2 rings (SSSR count). The van der Waals surface area contributed by atoms with Crippen molar-refractivity contribution >= 4 is 5.95 Å². The summed E-state index contributed by atoms with van der Waals surface area (Å²) in [7, 11) is 3.80. The van der Waals surface area contributed by atoms with E-state index in [0.717, 1.165) is 25.1 Å². The number of β-amino-alcohol motifs (C(OH)–C–C–N with tert-alkyl or cyclic N) is 1. The largest absolute Gasteiger partial charge is 0.387 e. The van der Waals surface area contributed by atoms with Crippen molar-refractivity contribution in [1.29, 1.82) is 0 Å². The molecule has 0 saturated carbocycles. The highest BCUT2D eigenvalue weighted by Gasteiger charge is 2.31. The van der Waals surface area contributed by atoms with Crippen LogP contribution in [0.2, 0.25) is 0 Å². The molecule has 6 heteroatoms. The number of aliphatic hydroxyl groups is 1. The minimum atomic E-state index is -0.597. The lowest BCUT2D eigenvalue weighted by Crippen LogP contribution is -2.42. The Morgan fingerprint density at radius 3 is 2.78 bits per heavy atom. The summed E-state index contributed by atoms with van der Waals surface area (Å²) >= 11 is 0. The molecular formula is C12H21N5O. The maximum absolute atomic E-state index is 10.3. The van der Waals surface area contributed by atoms with Gasteiger partial charge in [-0.15, -0.1) is 0 Å². The van der Waals surface area contributed by atoms with E-state index in [1.807, 2.05) is 19.4 Å². The molecule has 1 saturated heterocycles. The molecule has 1 aliphatic heterocycles. The van der Waals surface area contributed by atoms with Gasteiger partial charge in [0.2, 0.25) is 5.95 Å². The van der Waals surface area contributed by atoms with Crippen LogP contribution >= 0.6 is 0 Å². The minimum absolute atomic E-state index is 0.597. The van der Waals surface area contributed by atoms with Gasteiger partial charge in [-0.25, -0.2) is 9.97 Å². The third-order valence-electron chi connectivity index (χ3n) is 3.17. The highest BCUT2D eigenvalue weighted by Crippen LogP contribution is 2.16. The number of hydrogen-bond donors (Lipinski definition) is 3.